The van der Waals surface area contributed by atoms with Crippen molar-refractivity contribution in [3.8, 4) is 0 Å². The van der Waals surface area contributed by atoms with Crippen molar-refractivity contribution in [3.63, 3.8) is 0 Å². The van der Waals surface area contributed by atoms with Gasteiger partial charge in [0.15, 0.2) is 0 Å². The second kappa shape index (κ2) is 6.59. The first-order chi connectivity index (χ1) is 12.4. The van der Waals surface area contributed by atoms with Gasteiger partial charge in [0.05, 0.1) is 11.1 Å². The largest absolute Gasteiger partial charge is 0.477 e. The topological polar surface area (TPSA) is 101 Å². The molecule has 1 amide bonds. The molecular weight excluding hydrogens is 334 g/mol. The molecule has 2 aromatic rings. The van der Waals surface area contributed by atoms with Crippen LogP contribution in [0.5, 0.6) is 0 Å². The zero-order chi connectivity index (χ0) is 19.0. The molecule has 0 bridgehead atoms. The number of aromatic nitrogens is 2. The fraction of sp³-hybridized carbons (Fsp3) is 0.263. The standard InChI is InChI=1S/C19H19N3O4/c1-4-12-10(3)15(21-18(12)24)8-11-6-7-13-16(23)14(19(25)26)9-22(5-2)17(13)20-11/h6-9H,4-5H2,1-3H3,(H,21,24)(H,25,26)/b15-8-. The molecule has 134 valence electrons. The van der Waals surface area contributed by atoms with Crippen LogP contribution in [0.25, 0.3) is 17.1 Å². The number of amides is 1. The van der Waals surface area contributed by atoms with Crippen molar-refractivity contribution < 1.29 is 14.7 Å². The van der Waals surface area contributed by atoms with E-state index in [2.05, 4.69) is 10.3 Å². The van der Waals surface area contributed by atoms with Crippen LogP contribution in [0.1, 0.15) is 43.2 Å². The molecule has 0 spiro atoms. The van der Waals surface area contributed by atoms with Gasteiger partial charge in [-0.25, -0.2) is 9.78 Å². The Morgan fingerprint density at radius 2 is 2.04 bits per heavy atom. The highest BCUT2D eigenvalue weighted by atomic mass is 16.4. The third-order valence-electron chi connectivity index (χ3n) is 4.54. The van der Waals surface area contributed by atoms with Crippen LogP contribution in [0.4, 0.5) is 0 Å². The summed E-state index contributed by atoms with van der Waals surface area (Å²) in [7, 11) is 0. The van der Waals surface area contributed by atoms with Crippen molar-refractivity contribution in [1.82, 2.24) is 14.9 Å². The van der Waals surface area contributed by atoms with Gasteiger partial charge in [-0.1, -0.05) is 6.92 Å². The summed E-state index contributed by atoms with van der Waals surface area (Å²) in [5.74, 6) is -1.36. The SMILES string of the molecule is CCC1=C(C)/C(=C/c2ccc3c(=O)c(C(=O)O)cn(CC)c3n2)NC1=O. The van der Waals surface area contributed by atoms with E-state index in [9.17, 15) is 19.5 Å². The summed E-state index contributed by atoms with van der Waals surface area (Å²) in [6, 6.07) is 3.22. The van der Waals surface area contributed by atoms with Crippen molar-refractivity contribution in [2.75, 3.05) is 0 Å². The van der Waals surface area contributed by atoms with E-state index in [1.54, 1.807) is 22.8 Å². The molecule has 2 N–H and O–H groups in total. The number of nitrogens with zero attached hydrogens (tertiary/aromatic N) is 2. The van der Waals surface area contributed by atoms with Crippen LogP contribution >= 0.6 is 0 Å². The number of carbonyl (C=O) groups is 2. The molecule has 0 aliphatic carbocycles. The van der Waals surface area contributed by atoms with E-state index >= 15 is 0 Å². The number of carboxylic acids is 1. The molecule has 0 unspecified atom stereocenters. The van der Waals surface area contributed by atoms with Gasteiger partial charge in [0.1, 0.15) is 11.2 Å². The van der Waals surface area contributed by atoms with E-state index < -0.39 is 11.4 Å². The molecule has 26 heavy (non-hydrogen) atoms. The average molecular weight is 353 g/mol. The number of hydrogen-bond donors (Lipinski definition) is 2. The summed E-state index contributed by atoms with van der Waals surface area (Å²) >= 11 is 0. The Hall–Kier alpha value is -3.22. The van der Waals surface area contributed by atoms with E-state index in [1.165, 1.54) is 6.20 Å². The molecule has 1 aliphatic heterocycles. The molecule has 3 rings (SSSR count). The molecule has 0 atom stereocenters. The average Bonchev–Trinajstić information content (AvgIpc) is 2.88. The lowest BCUT2D eigenvalue weighted by Crippen LogP contribution is -2.19. The second-order valence-electron chi connectivity index (χ2n) is 6.04. The minimum Gasteiger partial charge on any atom is -0.477 e. The molecule has 0 saturated heterocycles. The highest BCUT2D eigenvalue weighted by Gasteiger charge is 2.22. The lowest BCUT2D eigenvalue weighted by Gasteiger charge is -2.10. The maximum absolute atomic E-state index is 12.4. The van der Waals surface area contributed by atoms with Crippen molar-refractivity contribution in [2.45, 2.75) is 33.7 Å². The summed E-state index contributed by atoms with van der Waals surface area (Å²) < 4.78 is 1.63. The van der Waals surface area contributed by atoms with Crippen molar-refractivity contribution in [3.05, 3.63) is 56.7 Å². The summed E-state index contributed by atoms with van der Waals surface area (Å²) in [6.07, 6.45) is 3.72. The Kier molecular flexibility index (Phi) is 4.46. The number of rotatable bonds is 4. The maximum Gasteiger partial charge on any atom is 0.341 e. The number of aromatic carboxylic acids is 1. The molecule has 7 nitrogen and oxygen atoms in total. The van der Waals surface area contributed by atoms with Gasteiger partial charge >= 0.3 is 5.97 Å². The first-order valence-corrected chi connectivity index (χ1v) is 8.38. The smallest absolute Gasteiger partial charge is 0.341 e. The van der Waals surface area contributed by atoms with Crippen LogP contribution in [0, 0.1) is 0 Å². The van der Waals surface area contributed by atoms with E-state index in [-0.39, 0.29) is 16.9 Å². The number of carbonyl (C=O) groups excluding carboxylic acids is 1. The predicted molar refractivity (Wildman–Crippen MR) is 97.7 cm³/mol. The Morgan fingerprint density at radius 3 is 2.62 bits per heavy atom. The van der Waals surface area contributed by atoms with E-state index in [4.69, 9.17) is 0 Å². The second-order valence-corrected chi connectivity index (χ2v) is 6.04. The Labute approximate surface area is 149 Å². The van der Waals surface area contributed by atoms with Gasteiger partial charge < -0.3 is 15.0 Å². The van der Waals surface area contributed by atoms with Crippen LogP contribution in [-0.2, 0) is 11.3 Å². The van der Waals surface area contributed by atoms with Gasteiger partial charge in [0.2, 0.25) is 5.43 Å². The van der Waals surface area contributed by atoms with E-state index in [0.717, 1.165) is 11.1 Å². The number of hydrogen-bond acceptors (Lipinski definition) is 4. The molecule has 7 heteroatoms. The fourth-order valence-corrected chi connectivity index (χ4v) is 3.10. The normalized spacial score (nSPS) is 15.8. The highest BCUT2D eigenvalue weighted by molar-refractivity contribution is 6.01. The zero-order valence-corrected chi connectivity index (χ0v) is 14.8. The van der Waals surface area contributed by atoms with Crippen LogP contribution in [0.2, 0.25) is 0 Å². The molecule has 0 aromatic carbocycles. The lowest BCUT2D eigenvalue weighted by molar-refractivity contribution is -0.116. The lowest BCUT2D eigenvalue weighted by atomic mass is 10.1. The number of nitrogens with one attached hydrogen (secondary N) is 1. The van der Waals surface area contributed by atoms with E-state index in [0.29, 0.717) is 30.0 Å². The maximum atomic E-state index is 12.4. The number of pyridine rings is 2. The summed E-state index contributed by atoms with van der Waals surface area (Å²) in [4.78, 5) is 40.1. The van der Waals surface area contributed by atoms with Gasteiger partial charge in [-0.05, 0) is 44.1 Å². The first kappa shape index (κ1) is 17.6. The van der Waals surface area contributed by atoms with Gasteiger partial charge in [0, 0.05) is 24.0 Å². The monoisotopic (exact) mass is 353 g/mol. The van der Waals surface area contributed by atoms with Gasteiger partial charge in [-0.2, -0.15) is 0 Å². The van der Waals surface area contributed by atoms with Gasteiger partial charge in [0.25, 0.3) is 5.91 Å². The molecule has 0 radical (unpaired) electrons. The summed E-state index contributed by atoms with van der Waals surface area (Å²) in [5, 5.41) is 12.3. The molecule has 2 aromatic heterocycles. The molecule has 1 aliphatic rings. The Morgan fingerprint density at radius 1 is 1.31 bits per heavy atom. The van der Waals surface area contributed by atoms with Crippen LogP contribution in [0.15, 0.2) is 40.0 Å². The minimum atomic E-state index is -1.26. The zero-order valence-electron chi connectivity index (χ0n) is 14.8. The first-order valence-electron chi connectivity index (χ1n) is 8.38. The van der Waals surface area contributed by atoms with Gasteiger partial charge in [-0.3, -0.25) is 9.59 Å². The molecule has 0 saturated carbocycles. The van der Waals surface area contributed by atoms with Crippen molar-refractivity contribution in [1.29, 1.82) is 0 Å². The third kappa shape index (κ3) is 2.81. The van der Waals surface area contributed by atoms with Crippen LogP contribution < -0.4 is 10.7 Å². The van der Waals surface area contributed by atoms with Crippen LogP contribution in [-0.4, -0.2) is 26.5 Å². The number of fused-ring (bicyclic) bond motifs is 1. The fourth-order valence-electron chi connectivity index (χ4n) is 3.10. The van der Waals surface area contributed by atoms with Crippen molar-refractivity contribution in [2.24, 2.45) is 0 Å². The molecule has 3 heterocycles. The van der Waals surface area contributed by atoms with Crippen LogP contribution in [0.3, 0.4) is 0 Å². The quantitative estimate of drug-likeness (QED) is 0.878. The Bertz CT molecular complexity index is 1060. The summed E-state index contributed by atoms with van der Waals surface area (Å²) in [6.45, 7) is 6.13. The molecular formula is C19H19N3O4. The van der Waals surface area contributed by atoms with E-state index in [1.807, 2.05) is 20.8 Å². The number of carboxylic acid groups (broad SMARTS) is 1. The number of aryl methyl sites for hydroxylation is 1. The Balaban J connectivity index is 2.17. The minimum absolute atomic E-state index is 0.103. The number of allylic oxidation sites excluding steroid dienone is 1. The van der Waals surface area contributed by atoms with Crippen molar-refractivity contribution >= 4 is 29.0 Å². The third-order valence-corrected chi connectivity index (χ3v) is 4.54. The molecule has 0 fully saturated rings. The van der Waals surface area contributed by atoms with Gasteiger partial charge in [-0.15, -0.1) is 0 Å². The summed E-state index contributed by atoms with van der Waals surface area (Å²) in [5.41, 5.74) is 2.48. The predicted octanol–water partition coefficient (Wildman–Crippen LogP) is 2.31. The highest BCUT2D eigenvalue weighted by Crippen LogP contribution is 2.24.